The van der Waals surface area contributed by atoms with E-state index in [1.165, 1.54) is 0 Å². The topological polar surface area (TPSA) is 44.5 Å². The van der Waals surface area contributed by atoms with E-state index in [1.807, 2.05) is 12.1 Å². The monoisotopic (exact) mass is 239 g/mol. The molecule has 1 aliphatic heterocycles. The van der Waals surface area contributed by atoms with E-state index >= 15 is 0 Å². The molecule has 1 saturated carbocycles. The molecule has 1 aromatic carbocycles. The molecule has 3 rings (SSSR count). The van der Waals surface area contributed by atoms with Crippen LogP contribution in [0, 0.1) is 0 Å². The summed E-state index contributed by atoms with van der Waals surface area (Å²) in [7, 11) is 0. The summed E-state index contributed by atoms with van der Waals surface area (Å²) in [6.45, 7) is 1.15. The SMILES string of the molecule is NC1(c2c(Cl)ccc3c2OCCO3)CCC1. The van der Waals surface area contributed by atoms with Crippen LogP contribution in [0.2, 0.25) is 5.02 Å². The van der Waals surface area contributed by atoms with Crippen molar-refractivity contribution < 1.29 is 9.47 Å². The van der Waals surface area contributed by atoms with Gasteiger partial charge in [-0.15, -0.1) is 0 Å². The number of rotatable bonds is 1. The van der Waals surface area contributed by atoms with Gasteiger partial charge in [0.25, 0.3) is 0 Å². The zero-order valence-electron chi connectivity index (χ0n) is 8.96. The Morgan fingerprint density at radius 3 is 2.62 bits per heavy atom. The predicted octanol–water partition coefficient (Wildman–Crippen LogP) is 2.45. The predicted molar refractivity (Wildman–Crippen MR) is 62.2 cm³/mol. The second-order valence-electron chi connectivity index (χ2n) is 4.46. The molecule has 0 spiro atoms. The van der Waals surface area contributed by atoms with Crippen molar-refractivity contribution >= 4 is 11.6 Å². The second-order valence-corrected chi connectivity index (χ2v) is 4.86. The molecule has 2 aliphatic rings. The minimum atomic E-state index is -0.316. The van der Waals surface area contributed by atoms with Crippen LogP contribution < -0.4 is 15.2 Å². The lowest BCUT2D eigenvalue weighted by atomic mass is 9.72. The van der Waals surface area contributed by atoms with E-state index in [0.29, 0.717) is 18.2 Å². The Balaban J connectivity index is 2.14. The Morgan fingerprint density at radius 1 is 1.19 bits per heavy atom. The van der Waals surface area contributed by atoms with Gasteiger partial charge < -0.3 is 15.2 Å². The van der Waals surface area contributed by atoms with E-state index in [9.17, 15) is 0 Å². The Bertz CT molecular complexity index is 429. The average molecular weight is 240 g/mol. The van der Waals surface area contributed by atoms with Gasteiger partial charge in [0.05, 0.1) is 0 Å². The van der Waals surface area contributed by atoms with Crippen LogP contribution in [-0.2, 0) is 5.54 Å². The Hall–Kier alpha value is -0.930. The van der Waals surface area contributed by atoms with Gasteiger partial charge in [0, 0.05) is 16.1 Å². The van der Waals surface area contributed by atoms with Crippen molar-refractivity contribution in [3.63, 3.8) is 0 Å². The third kappa shape index (κ3) is 1.39. The van der Waals surface area contributed by atoms with Crippen LogP contribution in [-0.4, -0.2) is 13.2 Å². The average Bonchev–Trinajstić information content (AvgIpc) is 2.26. The molecule has 1 fully saturated rings. The number of halogens is 1. The first-order valence-corrected chi connectivity index (χ1v) is 5.96. The lowest BCUT2D eigenvalue weighted by Crippen LogP contribution is -2.44. The van der Waals surface area contributed by atoms with E-state index in [-0.39, 0.29) is 5.54 Å². The molecule has 4 heteroatoms. The number of hydrogen-bond donors (Lipinski definition) is 1. The summed E-state index contributed by atoms with van der Waals surface area (Å²) in [6.07, 6.45) is 3.08. The summed E-state index contributed by atoms with van der Waals surface area (Å²) < 4.78 is 11.2. The third-order valence-corrected chi connectivity index (χ3v) is 3.72. The maximum atomic E-state index is 6.33. The van der Waals surface area contributed by atoms with Crippen molar-refractivity contribution in [2.24, 2.45) is 5.73 Å². The van der Waals surface area contributed by atoms with Crippen LogP contribution in [0.15, 0.2) is 12.1 Å². The molecule has 1 aliphatic carbocycles. The molecule has 0 bridgehead atoms. The molecule has 0 saturated heterocycles. The maximum absolute atomic E-state index is 6.33. The van der Waals surface area contributed by atoms with Gasteiger partial charge in [-0.3, -0.25) is 0 Å². The molecule has 2 N–H and O–H groups in total. The lowest BCUT2D eigenvalue weighted by molar-refractivity contribution is 0.159. The van der Waals surface area contributed by atoms with E-state index < -0.39 is 0 Å². The minimum absolute atomic E-state index is 0.316. The van der Waals surface area contributed by atoms with Gasteiger partial charge in [0.15, 0.2) is 11.5 Å². The van der Waals surface area contributed by atoms with Crippen molar-refractivity contribution in [3.8, 4) is 11.5 Å². The molecular weight excluding hydrogens is 226 g/mol. The second kappa shape index (κ2) is 3.54. The van der Waals surface area contributed by atoms with E-state index in [1.54, 1.807) is 0 Å². The van der Waals surface area contributed by atoms with Crippen molar-refractivity contribution in [1.29, 1.82) is 0 Å². The Kier molecular flexibility index (Phi) is 2.26. The van der Waals surface area contributed by atoms with Gasteiger partial charge >= 0.3 is 0 Å². The highest BCUT2D eigenvalue weighted by atomic mass is 35.5. The number of hydrogen-bond acceptors (Lipinski definition) is 3. The number of nitrogens with two attached hydrogens (primary N) is 1. The van der Waals surface area contributed by atoms with Gasteiger partial charge in [-0.25, -0.2) is 0 Å². The Labute approximate surface area is 99.5 Å². The fraction of sp³-hybridized carbons (Fsp3) is 0.500. The number of benzene rings is 1. The van der Waals surface area contributed by atoms with Crippen molar-refractivity contribution in [3.05, 3.63) is 22.7 Å². The zero-order valence-corrected chi connectivity index (χ0v) is 9.72. The third-order valence-electron chi connectivity index (χ3n) is 3.40. The summed E-state index contributed by atoms with van der Waals surface area (Å²) in [5.41, 5.74) is 6.94. The summed E-state index contributed by atoms with van der Waals surface area (Å²) in [4.78, 5) is 0. The van der Waals surface area contributed by atoms with E-state index in [4.69, 9.17) is 26.8 Å². The summed E-state index contributed by atoms with van der Waals surface area (Å²) >= 11 is 6.24. The molecule has 16 heavy (non-hydrogen) atoms. The zero-order chi connectivity index (χ0) is 11.2. The fourth-order valence-corrected chi connectivity index (χ4v) is 2.70. The summed E-state index contributed by atoms with van der Waals surface area (Å²) in [5, 5.41) is 0.687. The standard InChI is InChI=1S/C12H14ClNO2/c13-8-2-3-9-11(16-7-6-15-9)10(8)12(14)4-1-5-12/h2-3H,1,4-7,14H2. The van der Waals surface area contributed by atoms with Crippen LogP contribution in [0.5, 0.6) is 11.5 Å². The number of fused-ring (bicyclic) bond motifs is 1. The molecule has 0 amide bonds. The normalized spacial score (nSPS) is 21.4. The first-order chi connectivity index (χ1) is 7.71. The van der Waals surface area contributed by atoms with Crippen LogP contribution >= 0.6 is 11.6 Å². The van der Waals surface area contributed by atoms with Crippen LogP contribution in [0.25, 0.3) is 0 Å². The quantitative estimate of drug-likeness (QED) is 0.819. The lowest BCUT2D eigenvalue weighted by Gasteiger charge is -2.40. The van der Waals surface area contributed by atoms with Gasteiger partial charge in [0.2, 0.25) is 0 Å². The van der Waals surface area contributed by atoms with Crippen molar-refractivity contribution in [1.82, 2.24) is 0 Å². The molecule has 1 aromatic rings. The molecule has 0 atom stereocenters. The molecular formula is C12H14ClNO2. The van der Waals surface area contributed by atoms with Gasteiger partial charge in [0.1, 0.15) is 13.2 Å². The van der Waals surface area contributed by atoms with E-state index in [2.05, 4.69) is 0 Å². The molecule has 0 radical (unpaired) electrons. The van der Waals surface area contributed by atoms with E-state index in [0.717, 1.165) is 36.3 Å². The first-order valence-electron chi connectivity index (χ1n) is 5.58. The summed E-state index contributed by atoms with van der Waals surface area (Å²) in [5.74, 6) is 1.52. The highest BCUT2D eigenvalue weighted by molar-refractivity contribution is 6.31. The van der Waals surface area contributed by atoms with Gasteiger partial charge in [-0.2, -0.15) is 0 Å². The minimum Gasteiger partial charge on any atom is -0.486 e. The molecule has 86 valence electrons. The first kappa shape index (κ1) is 10.2. The van der Waals surface area contributed by atoms with Crippen molar-refractivity contribution in [2.75, 3.05) is 13.2 Å². The highest BCUT2D eigenvalue weighted by Gasteiger charge is 2.40. The van der Waals surface area contributed by atoms with Crippen LogP contribution in [0.4, 0.5) is 0 Å². The van der Waals surface area contributed by atoms with Crippen molar-refractivity contribution in [2.45, 2.75) is 24.8 Å². The maximum Gasteiger partial charge on any atom is 0.167 e. The Morgan fingerprint density at radius 2 is 1.94 bits per heavy atom. The number of ether oxygens (including phenoxy) is 2. The molecule has 3 nitrogen and oxygen atoms in total. The van der Waals surface area contributed by atoms with Gasteiger partial charge in [-0.1, -0.05) is 11.6 Å². The smallest absolute Gasteiger partial charge is 0.167 e. The molecule has 1 heterocycles. The molecule has 0 aromatic heterocycles. The highest BCUT2D eigenvalue weighted by Crippen LogP contribution is 2.49. The van der Waals surface area contributed by atoms with Crippen LogP contribution in [0.3, 0.4) is 0 Å². The van der Waals surface area contributed by atoms with Gasteiger partial charge in [-0.05, 0) is 31.4 Å². The largest absolute Gasteiger partial charge is 0.486 e. The summed E-state index contributed by atoms with van der Waals surface area (Å²) in [6, 6.07) is 3.69. The fourth-order valence-electron chi connectivity index (χ4n) is 2.36. The molecule has 0 unspecified atom stereocenters. The van der Waals surface area contributed by atoms with Crippen LogP contribution in [0.1, 0.15) is 24.8 Å².